The summed E-state index contributed by atoms with van der Waals surface area (Å²) in [6.45, 7) is 3.95. The molecule has 15 heteroatoms. The molecule has 0 spiro atoms. The van der Waals surface area contributed by atoms with Crippen molar-refractivity contribution < 1.29 is 55.7 Å². The Labute approximate surface area is 220 Å². The van der Waals surface area contributed by atoms with E-state index in [1.807, 2.05) is 25.2 Å². The van der Waals surface area contributed by atoms with Gasteiger partial charge in [-0.05, 0) is 56.2 Å². The van der Waals surface area contributed by atoms with E-state index in [1.54, 1.807) is 11.1 Å². The summed E-state index contributed by atoms with van der Waals surface area (Å²) in [4.78, 5) is 39.2. The number of alkyl halides is 6. The van der Waals surface area contributed by atoms with Gasteiger partial charge in [0.1, 0.15) is 6.10 Å². The second-order valence-electron chi connectivity index (χ2n) is 9.63. The van der Waals surface area contributed by atoms with Gasteiger partial charge in [-0.2, -0.15) is 26.3 Å². The highest BCUT2D eigenvalue weighted by Gasteiger charge is 2.43. The Balaban J connectivity index is 0.000000317. The fourth-order valence-electron chi connectivity index (χ4n) is 4.42. The summed E-state index contributed by atoms with van der Waals surface area (Å²) in [6.07, 6.45) is -2.18. The van der Waals surface area contributed by atoms with Crippen molar-refractivity contribution in [2.75, 3.05) is 26.7 Å². The lowest BCUT2D eigenvalue weighted by molar-refractivity contribution is -0.193. The van der Waals surface area contributed by atoms with Gasteiger partial charge in [0.15, 0.2) is 0 Å². The molecule has 2 aliphatic heterocycles. The molecule has 0 radical (unpaired) electrons. The minimum atomic E-state index is -5.08. The number of aromatic nitrogens is 1. The van der Waals surface area contributed by atoms with Gasteiger partial charge in [0.05, 0.1) is 18.3 Å². The van der Waals surface area contributed by atoms with Crippen molar-refractivity contribution in [3.63, 3.8) is 0 Å². The first-order chi connectivity index (χ1) is 18.1. The first-order valence-corrected chi connectivity index (χ1v) is 12.2. The van der Waals surface area contributed by atoms with E-state index in [0.717, 1.165) is 24.6 Å². The van der Waals surface area contributed by atoms with Crippen molar-refractivity contribution in [1.29, 1.82) is 0 Å². The van der Waals surface area contributed by atoms with Gasteiger partial charge in [-0.3, -0.25) is 9.78 Å². The molecule has 220 valence electrons. The van der Waals surface area contributed by atoms with Crippen LogP contribution >= 0.6 is 0 Å². The number of hydrogen-bond acceptors (Lipinski definition) is 6. The Morgan fingerprint density at radius 3 is 2.10 bits per heavy atom. The summed E-state index contributed by atoms with van der Waals surface area (Å²) in [5.74, 6) is -3.96. The Kier molecular flexibility index (Phi) is 11.5. The van der Waals surface area contributed by atoms with E-state index in [9.17, 15) is 31.1 Å². The third-order valence-corrected chi connectivity index (χ3v) is 6.64. The summed E-state index contributed by atoms with van der Waals surface area (Å²) >= 11 is 0. The van der Waals surface area contributed by atoms with Crippen molar-refractivity contribution in [3.05, 3.63) is 30.1 Å². The van der Waals surface area contributed by atoms with E-state index in [2.05, 4.69) is 9.88 Å². The minimum Gasteiger partial charge on any atom is -0.475 e. The fraction of sp³-hybridized carbons (Fsp3) is 0.667. The van der Waals surface area contributed by atoms with Gasteiger partial charge in [0.25, 0.3) is 5.91 Å². The van der Waals surface area contributed by atoms with Crippen molar-refractivity contribution in [2.24, 2.45) is 11.8 Å². The lowest BCUT2D eigenvalue weighted by Crippen LogP contribution is -2.45. The maximum Gasteiger partial charge on any atom is 0.490 e. The minimum absolute atomic E-state index is 0.102. The van der Waals surface area contributed by atoms with Crippen molar-refractivity contribution >= 4 is 17.8 Å². The number of carbonyl (C=O) groups is 3. The molecule has 1 amide bonds. The quantitative estimate of drug-likeness (QED) is 0.515. The van der Waals surface area contributed by atoms with Gasteiger partial charge in [0, 0.05) is 26.3 Å². The van der Waals surface area contributed by atoms with Crippen LogP contribution in [0.1, 0.15) is 37.8 Å². The van der Waals surface area contributed by atoms with E-state index in [4.69, 9.17) is 24.5 Å². The topological polar surface area (TPSA) is 120 Å². The predicted octanol–water partition coefficient (Wildman–Crippen LogP) is 3.59. The molecule has 2 saturated heterocycles. The number of ether oxygens (including phenoxy) is 1. The molecule has 4 rings (SSSR count). The predicted molar refractivity (Wildman–Crippen MR) is 123 cm³/mol. The maximum atomic E-state index is 12.8. The number of halogens is 6. The zero-order valence-electron chi connectivity index (χ0n) is 21.1. The standard InChI is InChI=1S/C20H29N3O2.2C2HF3O2/c1-22(13-17-7-2-3-9-21-17)20(24)18-11-16-8-10-23(14-19(16)25-18)12-15-5-4-6-15;2*3-2(4,5)1(6)7/h2-3,7,9,15-16,18-19H,4-6,8,10-14H2,1H3;2*(H,6,7)/t16-,18+,19-;;/m0../s1. The number of fused-ring (bicyclic) bond motifs is 1. The van der Waals surface area contributed by atoms with Crippen molar-refractivity contribution in [1.82, 2.24) is 14.8 Å². The Hall–Kier alpha value is -2.94. The number of carbonyl (C=O) groups excluding carboxylic acids is 1. The van der Waals surface area contributed by atoms with E-state index in [-0.39, 0.29) is 18.1 Å². The van der Waals surface area contributed by atoms with E-state index < -0.39 is 24.3 Å². The first kappa shape index (κ1) is 32.3. The van der Waals surface area contributed by atoms with Crippen molar-refractivity contribution in [3.8, 4) is 0 Å². The number of aliphatic carboxylic acids is 2. The molecule has 3 aliphatic rings. The van der Waals surface area contributed by atoms with Crippen LogP contribution in [0.4, 0.5) is 26.3 Å². The average Bonchev–Trinajstić information content (AvgIpc) is 3.24. The average molecular weight is 572 g/mol. The molecule has 0 bridgehead atoms. The highest BCUT2D eigenvalue weighted by Crippen LogP contribution is 2.35. The third-order valence-electron chi connectivity index (χ3n) is 6.64. The smallest absolute Gasteiger partial charge is 0.475 e. The lowest BCUT2D eigenvalue weighted by Gasteiger charge is -2.38. The van der Waals surface area contributed by atoms with Gasteiger partial charge in [-0.15, -0.1) is 0 Å². The fourth-order valence-corrected chi connectivity index (χ4v) is 4.42. The Morgan fingerprint density at radius 1 is 1.05 bits per heavy atom. The zero-order chi connectivity index (χ0) is 29.4. The van der Waals surface area contributed by atoms with Gasteiger partial charge < -0.3 is 24.7 Å². The molecule has 3 heterocycles. The van der Waals surface area contributed by atoms with Crippen LogP contribution < -0.4 is 0 Å². The van der Waals surface area contributed by atoms with Crippen LogP contribution in [0.15, 0.2) is 24.4 Å². The highest BCUT2D eigenvalue weighted by molar-refractivity contribution is 5.81. The molecule has 1 aromatic heterocycles. The Bertz CT molecular complexity index is 934. The van der Waals surface area contributed by atoms with E-state index >= 15 is 0 Å². The summed E-state index contributed by atoms with van der Waals surface area (Å²) in [5, 5.41) is 14.2. The number of amides is 1. The van der Waals surface area contributed by atoms with Crippen LogP contribution in [0.25, 0.3) is 0 Å². The third kappa shape index (κ3) is 10.6. The molecule has 0 unspecified atom stereocenters. The summed E-state index contributed by atoms with van der Waals surface area (Å²) in [7, 11) is 1.85. The van der Waals surface area contributed by atoms with Crippen molar-refractivity contribution in [2.45, 2.75) is 63.2 Å². The number of hydrogen-bond donors (Lipinski definition) is 2. The molecule has 2 N–H and O–H groups in total. The number of piperidine rings is 1. The molecule has 9 nitrogen and oxygen atoms in total. The maximum absolute atomic E-state index is 12.8. The van der Waals surface area contributed by atoms with Crippen LogP contribution in [0, 0.1) is 11.8 Å². The monoisotopic (exact) mass is 571 g/mol. The SMILES string of the molecule is CN(Cc1ccccn1)C(=O)[C@H]1C[C@@H]2CCN(CC3CCC3)C[C@@H]2O1.O=C(O)C(F)(F)F.O=C(O)C(F)(F)F. The van der Waals surface area contributed by atoms with Crippen LogP contribution in [-0.4, -0.2) is 94.1 Å². The van der Waals surface area contributed by atoms with Gasteiger partial charge in [0.2, 0.25) is 0 Å². The number of carboxylic acids is 2. The zero-order valence-corrected chi connectivity index (χ0v) is 21.1. The van der Waals surface area contributed by atoms with E-state index in [1.165, 1.54) is 38.8 Å². The van der Waals surface area contributed by atoms with Crippen LogP contribution in [0.5, 0.6) is 0 Å². The van der Waals surface area contributed by atoms with Gasteiger partial charge >= 0.3 is 24.3 Å². The van der Waals surface area contributed by atoms with E-state index in [0.29, 0.717) is 12.5 Å². The molecular formula is C24H31F6N3O6. The number of likely N-dealkylation sites (N-methyl/N-ethyl adjacent to an activating group) is 1. The molecule has 1 saturated carbocycles. The molecule has 39 heavy (non-hydrogen) atoms. The molecule has 1 aliphatic carbocycles. The van der Waals surface area contributed by atoms with Gasteiger partial charge in [-0.1, -0.05) is 12.5 Å². The summed E-state index contributed by atoms with van der Waals surface area (Å²) in [5.41, 5.74) is 0.917. The van der Waals surface area contributed by atoms with Crippen LogP contribution in [0.2, 0.25) is 0 Å². The molecular weight excluding hydrogens is 540 g/mol. The second kappa shape index (κ2) is 13.9. The Morgan fingerprint density at radius 2 is 1.64 bits per heavy atom. The lowest BCUT2D eigenvalue weighted by atomic mass is 9.84. The highest BCUT2D eigenvalue weighted by atomic mass is 19.4. The van der Waals surface area contributed by atoms with Gasteiger partial charge in [-0.25, -0.2) is 9.59 Å². The number of likely N-dealkylation sites (tertiary alicyclic amines) is 1. The summed E-state index contributed by atoms with van der Waals surface area (Å²) in [6, 6.07) is 5.81. The molecule has 1 aromatic rings. The van der Waals surface area contributed by atoms with Crippen LogP contribution in [-0.2, 0) is 25.7 Å². The molecule has 3 atom stereocenters. The molecule has 0 aromatic carbocycles. The number of nitrogens with zero attached hydrogens (tertiary/aromatic N) is 3. The van der Waals surface area contributed by atoms with Crippen LogP contribution in [0.3, 0.4) is 0 Å². The number of carboxylic acid groups (broad SMARTS) is 2. The second-order valence-corrected chi connectivity index (χ2v) is 9.63. The largest absolute Gasteiger partial charge is 0.490 e. The number of rotatable bonds is 5. The number of pyridine rings is 1. The first-order valence-electron chi connectivity index (χ1n) is 12.2. The normalized spacial score (nSPS) is 23.2. The summed E-state index contributed by atoms with van der Waals surface area (Å²) < 4.78 is 69.7. The molecule has 3 fully saturated rings.